The van der Waals surface area contributed by atoms with Gasteiger partial charge in [0.1, 0.15) is 0 Å². The average molecular weight is 339 g/mol. The molecule has 3 aromatic rings. The van der Waals surface area contributed by atoms with Gasteiger partial charge in [0.25, 0.3) is 0 Å². The fraction of sp³-hybridized carbons (Fsp3) is 0.136. The van der Waals surface area contributed by atoms with Crippen LogP contribution < -0.4 is 5.11 Å². The Morgan fingerprint density at radius 3 is 2.62 bits per heavy atom. The number of aromatic carboxylic acids is 1. The number of hydrogen-bond acceptors (Lipinski definition) is 4. The van der Waals surface area contributed by atoms with E-state index in [0.717, 1.165) is 35.2 Å². The number of rotatable bonds is 2. The van der Waals surface area contributed by atoms with Gasteiger partial charge < -0.3 is 9.90 Å². The van der Waals surface area contributed by atoms with Gasteiger partial charge in [-0.1, -0.05) is 30.3 Å². The molecule has 0 bridgehead atoms. The molecule has 0 fully saturated rings. The Morgan fingerprint density at radius 1 is 1.12 bits per heavy atom. The number of aromatic nitrogens is 1. The molecule has 1 aliphatic carbocycles. The summed E-state index contributed by atoms with van der Waals surface area (Å²) < 4.78 is 0. The predicted molar refractivity (Wildman–Crippen MR) is 98.0 cm³/mol. The molecule has 0 atom stereocenters. The molecule has 4 nitrogen and oxygen atoms in total. The summed E-state index contributed by atoms with van der Waals surface area (Å²) in [5.74, 6) is -1.15. The van der Waals surface area contributed by atoms with Crippen LogP contribution in [0.4, 0.5) is 0 Å². The van der Waals surface area contributed by atoms with E-state index >= 15 is 0 Å². The van der Waals surface area contributed by atoms with Crippen molar-refractivity contribution in [3.8, 4) is 6.07 Å². The van der Waals surface area contributed by atoms with E-state index in [-0.39, 0.29) is 5.56 Å². The van der Waals surface area contributed by atoms with Gasteiger partial charge in [0.05, 0.1) is 28.8 Å². The molecule has 126 valence electrons. The van der Waals surface area contributed by atoms with Gasteiger partial charge in [-0.3, -0.25) is 0 Å². The highest BCUT2D eigenvalue weighted by Gasteiger charge is 2.21. The summed E-state index contributed by atoms with van der Waals surface area (Å²) in [7, 11) is 0. The maximum atomic E-state index is 11.8. The Bertz CT molecular complexity index is 1090. The smallest absolute Gasteiger partial charge is 0.0991 e. The van der Waals surface area contributed by atoms with Crippen LogP contribution in [-0.4, -0.2) is 11.0 Å². The third-order valence-electron chi connectivity index (χ3n) is 4.76. The summed E-state index contributed by atoms with van der Waals surface area (Å²) in [6, 6.07) is 16.7. The number of carboxylic acids is 1. The lowest BCUT2D eigenvalue weighted by atomic mass is 9.86. The number of nitrogens with zero attached hydrogens (tertiary/aromatic N) is 2. The Morgan fingerprint density at radius 2 is 1.88 bits per heavy atom. The second kappa shape index (κ2) is 6.45. The van der Waals surface area contributed by atoms with E-state index in [9.17, 15) is 9.90 Å². The highest BCUT2D eigenvalue weighted by molar-refractivity contribution is 6.05. The number of allylic oxidation sites excluding steroid dienone is 1. The molecule has 0 saturated heterocycles. The lowest BCUT2D eigenvalue weighted by Gasteiger charge is -2.23. The number of hydrogen-bond donors (Lipinski definition) is 0. The Labute approximate surface area is 151 Å². The number of carbonyl (C=O) groups is 1. The van der Waals surface area contributed by atoms with Crippen molar-refractivity contribution in [1.82, 2.24) is 4.98 Å². The van der Waals surface area contributed by atoms with Crippen molar-refractivity contribution in [1.29, 1.82) is 5.26 Å². The van der Waals surface area contributed by atoms with E-state index in [1.165, 1.54) is 0 Å². The van der Waals surface area contributed by atoms with Crippen LogP contribution in [0.1, 0.15) is 45.6 Å². The fourth-order valence-corrected chi connectivity index (χ4v) is 3.56. The van der Waals surface area contributed by atoms with Crippen molar-refractivity contribution in [3.05, 3.63) is 76.5 Å². The van der Waals surface area contributed by atoms with Crippen LogP contribution in [0.15, 0.2) is 48.5 Å². The molecule has 1 aliphatic rings. The minimum Gasteiger partial charge on any atom is -0.545 e. The van der Waals surface area contributed by atoms with E-state index in [2.05, 4.69) is 6.07 Å². The molecule has 0 amide bonds. The summed E-state index contributed by atoms with van der Waals surface area (Å²) in [4.78, 5) is 16.6. The maximum absolute atomic E-state index is 11.8. The van der Waals surface area contributed by atoms with E-state index in [0.29, 0.717) is 22.9 Å². The number of benzene rings is 2. The molecule has 0 aliphatic heterocycles. The summed E-state index contributed by atoms with van der Waals surface area (Å²) in [6.45, 7) is 0. The molecule has 0 N–H and O–H groups in total. The van der Waals surface area contributed by atoms with Gasteiger partial charge in [0, 0.05) is 10.9 Å². The van der Waals surface area contributed by atoms with E-state index in [4.69, 9.17) is 10.2 Å². The second-order valence-corrected chi connectivity index (χ2v) is 6.38. The van der Waals surface area contributed by atoms with Crippen molar-refractivity contribution in [2.75, 3.05) is 0 Å². The van der Waals surface area contributed by atoms with Crippen LogP contribution in [0.3, 0.4) is 0 Å². The molecule has 0 unspecified atom stereocenters. The quantitative estimate of drug-likeness (QED) is 0.717. The van der Waals surface area contributed by atoms with Gasteiger partial charge in [0.2, 0.25) is 0 Å². The highest BCUT2D eigenvalue weighted by atomic mass is 16.4. The fourth-order valence-electron chi connectivity index (χ4n) is 3.56. The van der Waals surface area contributed by atoms with Crippen molar-refractivity contribution in [2.45, 2.75) is 19.3 Å². The minimum absolute atomic E-state index is 0.260. The first-order valence-electron chi connectivity index (χ1n) is 8.51. The van der Waals surface area contributed by atoms with E-state index in [1.807, 2.05) is 36.4 Å². The Kier molecular flexibility index (Phi) is 3.98. The molecule has 0 spiro atoms. The largest absolute Gasteiger partial charge is 0.545 e. The summed E-state index contributed by atoms with van der Waals surface area (Å²) >= 11 is 0. The molecule has 1 aromatic heterocycles. The highest BCUT2D eigenvalue weighted by Crippen LogP contribution is 2.35. The lowest BCUT2D eigenvalue weighted by Crippen LogP contribution is -2.26. The number of para-hydroxylation sites is 1. The van der Waals surface area contributed by atoms with Crippen molar-refractivity contribution < 1.29 is 9.90 Å². The van der Waals surface area contributed by atoms with Crippen molar-refractivity contribution in [3.63, 3.8) is 0 Å². The van der Waals surface area contributed by atoms with Gasteiger partial charge in [-0.05, 0) is 60.2 Å². The first-order valence-corrected chi connectivity index (χ1v) is 8.51. The minimum atomic E-state index is -1.15. The molecule has 0 radical (unpaired) electrons. The molecule has 0 saturated carbocycles. The van der Waals surface area contributed by atoms with E-state index < -0.39 is 5.97 Å². The van der Waals surface area contributed by atoms with Crippen LogP contribution in [0.2, 0.25) is 0 Å². The van der Waals surface area contributed by atoms with Gasteiger partial charge in [0.15, 0.2) is 0 Å². The van der Waals surface area contributed by atoms with Crippen LogP contribution in [0.25, 0.3) is 22.6 Å². The number of carbonyl (C=O) groups excluding carboxylic acids is 1. The van der Waals surface area contributed by atoms with Crippen LogP contribution in [0.5, 0.6) is 0 Å². The Hall–Kier alpha value is -3.45. The van der Waals surface area contributed by atoms with E-state index in [1.54, 1.807) is 18.2 Å². The van der Waals surface area contributed by atoms with Crippen LogP contribution >= 0.6 is 0 Å². The maximum Gasteiger partial charge on any atom is 0.0991 e. The molecule has 4 heteroatoms. The number of carboxylic acid groups (broad SMARTS) is 1. The normalized spacial score (nSPS) is 14.8. The molecule has 1 heterocycles. The predicted octanol–water partition coefficient (Wildman–Crippen LogP) is 3.35. The van der Waals surface area contributed by atoms with Crippen molar-refractivity contribution in [2.24, 2.45) is 0 Å². The molecule has 4 rings (SSSR count). The zero-order valence-electron chi connectivity index (χ0n) is 14.0. The topological polar surface area (TPSA) is 76.8 Å². The second-order valence-electron chi connectivity index (χ2n) is 6.38. The zero-order chi connectivity index (χ0) is 18.1. The molecular weight excluding hydrogens is 324 g/mol. The van der Waals surface area contributed by atoms with Crippen LogP contribution in [0, 0.1) is 11.3 Å². The third-order valence-corrected chi connectivity index (χ3v) is 4.76. The van der Waals surface area contributed by atoms with Gasteiger partial charge in [-0.2, -0.15) is 5.26 Å². The number of nitriles is 1. The van der Waals surface area contributed by atoms with Gasteiger partial charge >= 0.3 is 0 Å². The number of fused-ring (bicyclic) bond motifs is 2. The SMILES string of the molecule is N#Cc1ccc(/C=C2\CCCc3c2nc2ccccc2c3C(=O)[O-])cc1. The Balaban J connectivity index is 1.91. The summed E-state index contributed by atoms with van der Waals surface area (Å²) in [6.07, 6.45) is 4.42. The first-order chi connectivity index (χ1) is 12.7. The monoisotopic (exact) mass is 339 g/mol. The summed E-state index contributed by atoms with van der Waals surface area (Å²) in [5.41, 5.74) is 5.03. The third kappa shape index (κ3) is 2.74. The van der Waals surface area contributed by atoms with Crippen molar-refractivity contribution >= 4 is 28.5 Å². The van der Waals surface area contributed by atoms with Gasteiger partial charge in [-0.15, -0.1) is 0 Å². The molecular formula is C22H15N2O2-. The standard InChI is InChI=1S/C22H16N2O2/c23-13-15-10-8-14(9-11-15)12-16-4-3-6-18-20(22(25)26)17-5-1-2-7-19(17)24-21(16)18/h1-2,5,7-12H,3-4,6H2,(H,25,26)/p-1/b16-12+. The zero-order valence-corrected chi connectivity index (χ0v) is 14.0. The first kappa shape index (κ1) is 16.0. The average Bonchev–Trinajstić information content (AvgIpc) is 2.67. The van der Waals surface area contributed by atoms with Gasteiger partial charge in [-0.25, -0.2) is 4.98 Å². The van der Waals surface area contributed by atoms with Crippen LogP contribution in [-0.2, 0) is 6.42 Å². The lowest BCUT2D eigenvalue weighted by molar-refractivity contribution is -0.254. The number of pyridine rings is 1. The molecule has 2 aromatic carbocycles. The molecule has 26 heavy (non-hydrogen) atoms. The summed E-state index contributed by atoms with van der Waals surface area (Å²) in [5, 5.41) is 21.4.